The van der Waals surface area contributed by atoms with E-state index in [9.17, 15) is 9.90 Å². The molecule has 0 radical (unpaired) electrons. The first-order valence-corrected chi connectivity index (χ1v) is 6.49. The number of hydrogen-bond donors (Lipinski definition) is 2. The zero-order chi connectivity index (χ0) is 13.5. The van der Waals surface area contributed by atoms with Crippen LogP contribution < -0.4 is 5.32 Å². The SMILES string of the molecule is CC(C)(C)CC(C)(C)NC(C)(C(=O)O)C1CC1. The molecule has 1 unspecified atom stereocenters. The molecule has 1 saturated carbocycles. The van der Waals surface area contributed by atoms with Crippen LogP contribution in [0, 0.1) is 11.3 Å². The van der Waals surface area contributed by atoms with Gasteiger partial charge in [-0.15, -0.1) is 0 Å². The van der Waals surface area contributed by atoms with Crippen LogP contribution in [0.3, 0.4) is 0 Å². The second kappa shape index (κ2) is 4.27. The fourth-order valence-corrected chi connectivity index (χ4v) is 3.06. The van der Waals surface area contributed by atoms with Crippen LogP contribution in [0.25, 0.3) is 0 Å². The Bertz CT molecular complexity index is 300. The molecule has 3 nitrogen and oxygen atoms in total. The third-order valence-corrected chi connectivity index (χ3v) is 3.41. The molecule has 1 aliphatic rings. The Kier molecular flexibility index (Phi) is 3.64. The minimum atomic E-state index is -0.769. The monoisotopic (exact) mass is 241 g/mol. The number of aliphatic carboxylic acids is 1. The molecular weight excluding hydrogens is 214 g/mol. The van der Waals surface area contributed by atoms with Crippen molar-refractivity contribution in [3.05, 3.63) is 0 Å². The number of nitrogens with one attached hydrogen (secondary N) is 1. The normalized spacial score (nSPS) is 21.1. The zero-order valence-electron chi connectivity index (χ0n) is 12.1. The van der Waals surface area contributed by atoms with Crippen LogP contribution in [0.5, 0.6) is 0 Å². The maximum Gasteiger partial charge on any atom is 0.323 e. The van der Waals surface area contributed by atoms with Gasteiger partial charge in [0.2, 0.25) is 0 Å². The van der Waals surface area contributed by atoms with Gasteiger partial charge in [0.25, 0.3) is 0 Å². The summed E-state index contributed by atoms with van der Waals surface area (Å²) < 4.78 is 0. The number of rotatable bonds is 5. The second-order valence-electron chi connectivity index (χ2n) is 7.53. The largest absolute Gasteiger partial charge is 0.480 e. The Labute approximate surface area is 105 Å². The molecule has 1 fully saturated rings. The Morgan fingerprint density at radius 2 is 1.65 bits per heavy atom. The van der Waals surface area contributed by atoms with E-state index in [0.29, 0.717) is 5.92 Å². The van der Waals surface area contributed by atoms with Crippen molar-refractivity contribution in [1.82, 2.24) is 5.32 Å². The molecule has 0 aliphatic heterocycles. The van der Waals surface area contributed by atoms with E-state index < -0.39 is 11.5 Å². The summed E-state index contributed by atoms with van der Waals surface area (Å²) in [5, 5.41) is 12.8. The van der Waals surface area contributed by atoms with Gasteiger partial charge in [-0.3, -0.25) is 10.1 Å². The molecule has 0 saturated heterocycles. The van der Waals surface area contributed by atoms with Crippen molar-refractivity contribution >= 4 is 5.97 Å². The average Bonchev–Trinajstić information content (AvgIpc) is 2.78. The predicted molar refractivity (Wildman–Crippen MR) is 70.1 cm³/mol. The van der Waals surface area contributed by atoms with Gasteiger partial charge in [0.05, 0.1) is 0 Å². The van der Waals surface area contributed by atoms with Crippen LogP contribution in [-0.4, -0.2) is 22.2 Å². The van der Waals surface area contributed by atoms with E-state index in [4.69, 9.17) is 0 Å². The van der Waals surface area contributed by atoms with Crippen molar-refractivity contribution in [2.45, 2.75) is 71.9 Å². The maximum atomic E-state index is 11.5. The van der Waals surface area contributed by atoms with Crippen molar-refractivity contribution < 1.29 is 9.90 Å². The smallest absolute Gasteiger partial charge is 0.323 e. The van der Waals surface area contributed by atoms with Gasteiger partial charge in [-0.1, -0.05) is 20.8 Å². The maximum absolute atomic E-state index is 11.5. The van der Waals surface area contributed by atoms with E-state index in [2.05, 4.69) is 39.9 Å². The number of hydrogen-bond acceptors (Lipinski definition) is 2. The lowest BCUT2D eigenvalue weighted by Crippen LogP contribution is -2.60. The van der Waals surface area contributed by atoms with Gasteiger partial charge in [0.15, 0.2) is 0 Å². The summed E-state index contributed by atoms with van der Waals surface area (Å²) in [6, 6.07) is 0. The van der Waals surface area contributed by atoms with E-state index in [-0.39, 0.29) is 11.0 Å². The molecule has 0 aromatic heterocycles. The standard InChI is InChI=1S/C14H27NO2/c1-12(2,3)9-13(4,5)15-14(6,11(16)17)10-7-8-10/h10,15H,7-9H2,1-6H3,(H,16,17). The Balaban J connectivity index is 2.76. The molecule has 0 heterocycles. The second-order valence-corrected chi connectivity index (χ2v) is 7.53. The van der Waals surface area contributed by atoms with Crippen molar-refractivity contribution in [2.24, 2.45) is 11.3 Å². The lowest BCUT2D eigenvalue weighted by Gasteiger charge is -2.40. The van der Waals surface area contributed by atoms with Crippen LogP contribution >= 0.6 is 0 Å². The van der Waals surface area contributed by atoms with E-state index in [0.717, 1.165) is 19.3 Å². The Morgan fingerprint density at radius 3 is 1.94 bits per heavy atom. The van der Waals surface area contributed by atoms with Gasteiger partial charge in [-0.2, -0.15) is 0 Å². The molecule has 3 heteroatoms. The average molecular weight is 241 g/mol. The van der Waals surface area contributed by atoms with Crippen molar-refractivity contribution in [1.29, 1.82) is 0 Å². The quantitative estimate of drug-likeness (QED) is 0.778. The van der Waals surface area contributed by atoms with Crippen LogP contribution in [0.1, 0.15) is 60.8 Å². The molecule has 0 aromatic rings. The highest BCUT2D eigenvalue weighted by Crippen LogP contribution is 2.41. The number of carboxylic acid groups (broad SMARTS) is 1. The molecule has 1 aliphatic carbocycles. The van der Waals surface area contributed by atoms with Gasteiger partial charge < -0.3 is 5.11 Å². The van der Waals surface area contributed by atoms with Gasteiger partial charge in [0.1, 0.15) is 5.54 Å². The molecule has 17 heavy (non-hydrogen) atoms. The van der Waals surface area contributed by atoms with Crippen LogP contribution in [0.15, 0.2) is 0 Å². The molecule has 0 aromatic carbocycles. The van der Waals surface area contributed by atoms with Crippen molar-refractivity contribution in [3.8, 4) is 0 Å². The fourth-order valence-electron chi connectivity index (χ4n) is 3.06. The predicted octanol–water partition coefficient (Wildman–Crippen LogP) is 3.04. The lowest BCUT2D eigenvalue weighted by molar-refractivity contribution is -0.146. The van der Waals surface area contributed by atoms with Gasteiger partial charge >= 0.3 is 5.97 Å². The first kappa shape index (κ1) is 14.5. The third-order valence-electron chi connectivity index (χ3n) is 3.41. The van der Waals surface area contributed by atoms with E-state index in [1.807, 2.05) is 6.92 Å². The summed E-state index contributed by atoms with van der Waals surface area (Å²) in [6.07, 6.45) is 3.01. The van der Waals surface area contributed by atoms with Gasteiger partial charge in [0, 0.05) is 5.54 Å². The van der Waals surface area contributed by atoms with E-state index >= 15 is 0 Å². The Morgan fingerprint density at radius 1 is 1.18 bits per heavy atom. The fraction of sp³-hybridized carbons (Fsp3) is 0.929. The highest BCUT2D eigenvalue weighted by molar-refractivity contribution is 5.79. The first-order valence-electron chi connectivity index (χ1n) is 6.49. The minimum Gasteiger partial charge on any atom is -0.480 e. The van der Waals surface area contributed by atoms with Gasteiger partial charge in [-0.25, -0.2) is 0 Å². The summed E-state index contributed by atoms with van der Waals surface area (Å²) in [4.78, 5) is 11.5. The van der Waals surface area contributed by atoms with Crippen LogP contribution in [0.4, 0.5) is 0 Å². The molecule has 0 spiro atoms. The molecule has 0 bridgehead atoms. The topological polar surface area (TPSA) is 49.3 Å². The molecule has 1 rings (SSSR count). The summed E-state index contributed by atoms with van der Waals surface area (Å²) in [5.41, 5.74) is -0.734. The summed E-state index contributed by atoms with van der Waals surface area (Å²) >= 11 is 0. The van der Waals surface area contributed by atoms with Crippen LogP contribution in [0.2, 0.25) is 0 Å². The minimum absolute atomic E-state index is 0.159. The molecule has 1 atom stereocenters. The van der Waals surface area contributed by atoms with Crippen LogP contribution in [-0.2, 0) is 4.79 Å². The summed E-state index contributed by atoms with van der Waals surface area (Å²) in [5.74, 6) is -0.429. The van der Waals surface area contributed by atoms with Gasteiger partial charge in [-0.05, 0) is 51.4 Å². The molecule has 100 valence electrons. The summed E-state index contributed by atoms with van der Waals surface area (Å²) in [7, 11) is 0. The molecule has 0 amide bonds. The van der Waals surface area contributed by atoms with Crippen molar-refractivity contribution in [3.63, 3.8) is 0 Å². The first-order chi connectivity index (χ1) is 7.46. The van der Waals surface area contributed by atoms with Crippen molar-refractivity contribution in [2.75, 3.05) is 0 Å². The highest BCUT2D eigenvalue weighted by Gasteiger charge is 2.49. The van der Waals surface area contributed by atoms with E-state index in [1.165, 1.54) is 0 Å². The summed E-state index contributed by atoms with van der Waals surface area (Å²) in [6.45, 7) is 12.6. The highest BCUT2D eigenvalue weighted by atomic mass is 16.4. The third kappa shape index (κ3) is 3.98. The molecule has 2 N–H and O–H groups in total. The van der Waals surface area contributed by atoms with E-state index in [1.54, 1.807) is 0 Å². The number of carbonyl (C=O) groups is 1. The zero-order valence-corrected chi connectivity index (χ0v) is 12.1. The Hall–Kier alpha value is -0.570. The molecular formula is C14H27NO2. The lowest BCUT2D eigenvalue weighted by atomic mass is 9.79. The number of carboxylic acids is 1.